The topological polar surface area (TPSA) is 72.3 Å². The second kappa shape index (κ2) is 8.53. The predicted octanol–water partition coefficient (Wildman–Crippen LogP) is 0.639. The number of carbonyl (C=O) groups excluding carboxylic acids is 2. The number of ether oxygens (including phenoxy) is 2. The summed E-state index contributed by atoms with van der Waals surface area (Å²) in [6.45, 7) is 6.39. The first-order chi connectivity index (χ1) is 14.1. The highest BCUT2D eigenvalue weighted by molar-refractivity contribution is 5.94. The van der Waals surface area contributed by atoms with Crippen LogP contribution in [0.2, 0.25) is 0 Å². The molecule has 7 heteroatoms. The van der Waals surface area contributed by atoms with Gasteiger partial charge in [0.15, 0.2) is 23.8 Å². The van der Waals surface area contributed by atoms with Gasteiger partial charge >= 0.3 is 0 Å². The molecule has 4 rings (SSSR count). The minimum atomic E-state index is 0.0527. The Balaban J connectivity index is 1.22. The molecule has 2 aromatic rings. The first kappa shape index (κ1) is 19.3. The molecule has 0 spiro atoms. The van der Waals surface area contributed by atoms with Gasteiger partial charge in [0.2, 0.25) is 6.79 Å². The van der Waals surface area contributed by atoms with Crippen LogP contribution in [0.3, 0.4) is 0 Å². The fourth-order valence-corrected chi connectivity index (χ4v) is 3.71. The predicted molar refractivity (Wildman–Crippen MR) is 109 cm³/mol. The SMILES string of the molecule is CC(=O)c1ccc(N2CC[NH+](CC(=O)NCc3ccc4c(c3)OCO4)CC2)cc1. The van der Waals surface area contributed by atoms with Crippen LogP contribution < -0.4 is 24.6 Å². The minimum Gasteiger partial charge on any atom is -0.454 e. The van der Waals surface area contributed by atoms with Gasteiger partial charge in [-0.25, -0.2) is 0 Å². The van der Waals surface area contributed by atoms with Crippen LogP contribution in [0.1, 0.15) is 22.8 Å². The molecule has 0 aromatic heterocycles. The summed E-state index contributed by atoms with van der Waals surface area (Å²) in [4.78, 5) is 27.3. The van der Waals surface area contributed by atoms with Gasteiger partial charge in [0.1, 0.15) is 0 Å². The Bertz CT molecular complexity index is 889. The number of benzene rings is 2. The van der Waals surface area contributed by atoms with Crippen molar-refractivity contribution in [3.05, 3.63) is 53.6 Å². The summed E-state index contributed by atoms with van der Waals surface area (Å²) in [5, 5.41) is 3.00. The van der Waals surface area contributed by atoms with Gasteiger partial charge in [-0.15, -0.1) is 0 Å². The quantitative estimate of drug-likeness (QED) is 0.702. The van der Waals surface area contributed by atoms with E-state index in [1.165, 1.54) is 4.90 Å². The van der Waals surface area contributed by atoms with E-state index in [4.69, 9.17) is 9.47 Å². The average molecular weight is 396 g/mol. The van der Waals surface area contributed by atoms with Crippen LogP contribution >= 0.6 is 0 Å². The number of rotatable bonds is 6. The van der Waals surface area contributed by atoms with Crippen molar-refractivity contribution < 1.29 is 24.0 Å². The van der Waals surface area contributed by atoms with E-state index in [2.05, 4.69) is 10.2 Å². The van der Waals surface area contributed by atoms with Crippen molar-refractivity contribution in [1.82, 2.24) is 5.32 Å². The van der Waals surface area contributed by atoms with E-state index >= 15 is 0 Å². The van der Waals surface area contributed by atoms with Crippen LogP contribution in [0.15, 0.2) is 42.5 Å². The number of ketones is 1. The largest absolute Gasteiger partial charge is 0.454 e. The summed E-state index contributed by atoms with van der Waals surface area (Å²) < 4.78 is 10.7. The van der Waals surface area contributed by atoms with Gasteiger partial charge in [-0.1, -0.05) is 6.07 Å². The molecule has 0 unspecified atom stereocenters. The Labute approximate surface area is 170 Å². The fourth-order valence-electron chi connectivity index (χ4n) is 3.71. The Hall–Kier alpha value is -3.06. The van der Waals surface area contributed by atoms with Gasteiger partial charge in [-0.2, -0.15) is 0 Å². The summed E-state index contributed by atoms with van der Waals surface area (Å²) in [5.74, 6) is 1.61. The number of piperazine rings is 1. The summed E-state index contributed by atoms with van der Waals surface area (Å²) in [6, 6.07) is 13.5. The molecular formula is C22H26N3O4+. The van der Waals surface area contributed by atoms with Crippen LogP contribution in [0, 0.1) is 0 Å². The number of carbonyl (C=O) groups is 2. The molecule has 2 aromatic carbocycles. The van der Waals surface area contributed by atoms with Crippen molar-refractivity contribution in [2.45, 2.75) is 13.5 Å². The van der Waals surface area contributed by atoms with Crippen LogP contribution in [0.4, 0.5) is 5.69 Å². The molecule has 29 heavy (non-hydrogen) atoms. The summed E-state index contributed by atoms with van der Waals surface area (Å²) >= 11 is 0. The van der Waals surface area contributed by atoms with Gasteiger partial charge in [0.05, 0.1) is 26.2 Å². The van der Waals surface area contributed by atoms with Crippen molar-refractivity contribution in [2.75, 3.05) is 44.4 Å². The molecular weight excluding hydrogens is 370 g/mol. The third kappa shape index (κ3) is 4.68. The zero-order valence-corrected chi connectivity index (χ0v) is 16.6. The molecule has 0 atom stereocenters. The summed E-state index contributed by atoms with van der Waals surface area (Å²) in [5.41, 5.74) is 2.86. The molecule has 2 N–H and O–H groups in total. The van der Waals surface area contributed by atoms with Gasteiger partial charge in [-0.05, 0) is 48.9 Å². The second-order valence-electron chi connectivity index (χ2n) is 7.48. The molecule has 0 aliphatic carbocycles. The van der Waals surface area contributed by atoms with E-state index in [1.54, 1.807) is 6.92 Å². The zero-order valence-electron chi connectivity index (χ0n) is 16.6. The molecule has 2 aliphatic rings. The maximum absolute atomic E-state index is 12.3. The van der Waals surface area contributed by atoms with Crippen molar-refractivity contribution >= 4 is 17.4 Å². The minimum absolute atomic E-state index is 0.0527. The third-order valence-corrected chi connectivity index (χ3v) is 5.45. The number of fused-ring (bicyclic) bond motifs is 1. The number of amides is 1. The molecule has 1 fully saturated rings. The molecule has 7 nitrogen and oxygen atoms in total. The second-order valence-corrected chi connectivity index (χ2v) is 7.48. The number of nitrogens with zero attached hydrogens (tertiary/aromatic N) is 1. The lowest BCUT2D eigenvalue weighted by molar-refractivity contribution is -0.892. The summed E-state index contributed by atoms with van der Waals surface area (Å²) in [7, 11) is 0. The highest BCUT2D eigenvalue weighted by atomic mass is 16.7. The maximum Gasteiger partial charge on any atom is 0.275 e. The molecule has 152 valence electrons. The lowest BCUT2D eigenvalue weighted by Gasteiger charge is -2.33. The first-order valence-corrected chi connectivity index (χ1v) is 9.93. The van der Waals surface area contributed by atoms with E-state index in [9.17, 15) is 9.59 Å². The van der Waals surface area contributed by atoms with Gasteiger partial charge in [0, 0.05) is 17.8 Å². The smallest absolute Gasteiger partial charge is 0.275 e. The Morgan fingerprint density at radius 2 is 1.76 bits per heavy atom. The van der Waals surface area contributed by atoms with E-state index in [0.29, 0.717) is 13.1 Å². The van der Waals surface area contributed by atoms with Crippen LogP contribution in [-0.2, 0) is 11.3 Å². The van der Waals surface area contributed by atoms with E-state index in [0.717, 1.165) is 54.5 Å². The van der Waals surface area contributed by atoms with Crippen molar-refractivity contribution in [1.29, 1.82) is 0 Å². The monoisotopic (exact) mass is 396 g/mol. The molecule has 1 amide bonds. The molecule has 2 heterocycles. The number of hydrogen-bond acceptors (Lipinski definition) is 5. The molecule has 0 bridgehead atoms. The zero-order chi connectivity index (χ0) is 20.2. The van der Waals surface area contributed by atoms with Crippen molar-refractivity contribution in [2.24, 2.45) is 0 Å². The number of hydrogen-bond donors (Lipinski definition) is 2. The van der Waals surface area contributed by atoms with Crippen molar-refractivity contribution in [3.63, 3.8) is 0 Å². The first-order valence-electron chi connectivity index (χ1n) is 9.93. The van der Waals surface area contributed by atoms with E-state index in [1.807, 2.05) is 42.5 Å². The molecule has 2 aliphatic heterocycles. The summed E-state index contributed by atoms with van der Waals surface area (Å²) in [6.07, 6.45) is 0. The van der Waals surface area contributed by atoms with Crippen LogP contribution in [-0.4, -0.2) is 51.2 Å². The number of Topliss-reactive ketones (excluding diaryl/α,β-unsaturated/α-hetero) is 1. The van der Waals surface area contributed by atoms with E-state index in [-0.39, 0.29) is 18.5 Å². The number of nitrogens with one attached hydrogen (secondary N) is 2. The highest BCUT2D eigenvalue weighted by Gasteiger charge is 2.22. The third-order valence-electron chi connectivity index (χ3n) is 5.45. The Morgan fingerprint density at radius 3 is 2.48 bits per heavy atom. The van der Waals surface area contributed by atoms with Crippen molar-refractivity contribution in [3.8, 4) is 11.5 Å². The normalized spacial score (nSPS) is 16.0. The number of quaternary nitrogens is 1. The van der Waals surface area contributed by atoms with Gasteiger partial charge in [-0.3, -0.25) is 9.59 Å². The van der Waals surface area contributed by atoms with E-state index < -0.39 is 0 Å². The fraction of sp³-hybridized carbons (Fsp3) is 0.364. The standard InChI is InChI=1S/C22H25N3O4/c1-16(26)18-3-5-19(6-4-18)25-10-8-24(9-11-25)14-22(27)23-13-17-2-7-20-21(12-17)29-15-28-20/h2-7,12H,8-11,13-15H2,1H3,(H,23,27)/p+1. The lowest BCUT2D eigenvalue weighted by Crippen LogP contribution is -3.15. The maximum atomic E-state index is 12.3. The number of anilines is 1. The van der Waals surface area contributed by atoms with Crippen LogP contribution in [0.25, 0.3) is 0 Å². The lowest BCUT2D eigenvalue weighted by atomic mass is 10.1. The Kier molecular flexibility index (Phi) is 5.67. The van der Waals surface area contributed by atoms with Gasteiger partial charge < -0.3 is 24.6 Å². The van der Waals surface area contributed by atoms with Gasteiger partial charge in [0.25, 0.3) is 5.91 Å². The highest BCUT2D eigenvalue weighted by Crippen LogP contribution is 2.32. The Morgan fingerprint density at radius 1 is 1.03 bits per heavy atom. The van der Waals surface area contributed by atoms with Crippen LogP contribution in [0.5, 0.6) is 11.5 Å². The molecule has 0 saturated carbocycles. The average Bonchev–Trinajstić information content (AvgIpc) is 3.21. The molecule has 1 saturated heterocycles. The molecule has 0 radical (unpaired) electrons.